The zero-order valence-corrected chi connectivity index (χ0v) is 21.7. The first-order valence-corrected chi connectivity index (χ1v) is 12.9. The molecular formula is C30H40N2O4. The van der Waals surface area contributed by atoms with Crippen molar-refractivity contribution >= 4 is 0 Å². The number of aliphatic hydroxyl groups is 1. The summed E-state index contributed by atoms with van der Waals surface area (Å²) in [5.41, 5.74) is 9.39. The van der Waals surface area contributed by atoms with Gasteiger partial charge in [0, 0.05) is 24.7 Å². The molecule has 0 radical (unpaired) electrons. The molecule has 2 unspecified atom stereocenters. The van der Waals surface area contributed by atoms with E-state index in [1.807, 2.05) is 32.0 Å². The van der Waals surface area contributed by atoms with Crippen LogP contribution in [0.2, 0.25) is 0 Å². The summed E-state index contributed by atoms with van der Waals surface area (Å²) in [7, 11) is 1.70. The summed E-state index contributed by atoms with van der Waals surface area (Å²) in [5, 5.41) is 19.8. The maximum atomic E-state index is 9.94. The third kappa shape index (κ3) is 6.69. The molecule has 4 N–H and O–H groups in total. The van der Waals surface area contributed by atoms with Gasteiger partial charge in [-0.1, -0.05) is 24.3 Å². The van der Waals surface area contributed by atoms with Crippen molar-refractivity contribution in [3.8, 4) is 11.5 Å². The highest BCUT2D eigenvalue weighted by Gasteiger charge is 2.34. The fourth-order valence-electron chi connectivity index (χ4n) is 5.33. The number of allylic oxidation sites excluding steroid dienone is 1. The average molecular weight is 493 g/mol. The number of phenolic OH excluding ortho intramolecular Hbond substituents is 1. The molecule has 3 atom stereocenters. The number of nitrogens with zero attached hydrogens (tertiary/aromatic N) is 1. The number of fused-ring (bicyclic) bond motifs is 1. The number of ether oxygens (including phenoxy) is 2. The summed E-state index contributed by atoms with van der Waals surface area (Å²) in [6.07, 6.45) is 9.58. The SMILES string of the molecule is COC1=CC(N(CCO)Cc2ccc(OCC(C)(C)N)cc2)C([C@@H]2CCc3cc(O)ccc3C2)C=C1. The number of benzene rings is 2. The minimum atomic E-state index is -0.383. The lowest BCUT2D eigenvalue weighted by Crippen LogP contribution is -2.44. The Morgan fingerprint density at radius 1 is 1.11 bits per heavy atom. The molecule has 2 aromatic carbocycles. The minimum absolute atomic E-state index is 0.0860. The molecule has 0 spiro atoms. The average Bonchev–Trinajstić information content (AvgIpc) is 2.87. The molecule has 0 saturated carbocycles. The molecular weight excluding hydrogens is 452 g/mol. The molecule has 0 aliphatic heterocycles. The molecule has 4 rings (SSSR count). The van der Waals surface area contributed by atoms with Crippen molar-refractivity contribution in [3.63, 3.8) is 0 Å². The van der Waals surface area contributed by atoms with Crippen LogP contribution in [0.1, 0.15) is 37.0 Å². The quantitative estimate of drug-likeness (QED) is 0.461. The highest BCUT2D eigenvalue weighted by atomic mass is 16.5. The topological polar surface area (TPSA) is 88.2 Å². The van der Waals surface area contributed by atoms with Crippen LogP contribution in [0.3, 0.4) is 0 Å². The maximum absolute atomic E-state index is 9.94. The van der Waals surface area contributed by atoms with Crippen LogP contribution in [0.5, 0.6) is 11.5 Å². The van der Waals surface area contributed by atoms with Gasteiger partial charge < -0.3 is 25.4 Å². The lowest BCUT2D eigenvalue weighted by Gasteiger charge is -2.41. The van der Waals surface area contributed by atoms with Gasteiger partial charge in [0.15, 0.2) is 0 Å². The molecule has 36 heavy (non-hydrogen) atoms. The highest BCUT2D eigenvalue weighted by Crippen LogP contribution is 2.38. The number of methoxy groups -OCH3 is 1. The minimum Gasteiger partial charge on any atom is -0.508 e. The maximum Gasteiger partial charge on any atom is 0.119 e. The normalized spacial score (nSPS) is 21.7. The summed E-state index contributed by atoms with van der Waals surface area (Å²) >= 11 is 0. The van der Waals surface area contributed by atoms with E-state index in [1.54, 1.807) is 13.2 Å². The smallest absolute Gasteiger partial charge is 0.119 e. The van der Waals surface area contributed by atoms with Crippen molar-refractivity contribution in [2.75, 3.05) is 26.9 Å². The van der Waals surface area contributed by atoms with E-state index in [4.69, 9.17) is 15.2 Å². The Kier molecular flexibility index (Phi) is 8.39. The number of hydrogen-bond acceptors (Lipinski definition) is 6. The van der Waals surface area contributed by atoms with Gasteiger partial charge in [-0.05, 0) is 98.1 Å². The molecule has 0 bridgehead atoms. The lowest BCUT2D eigenvalue weighted by molar-refractivity contribution is 0.115. The van der Waals surface area contributed by atoms with Crippen LogP contribution in [-0.4, -0.2) is 53.6 Å². The Labute approximate surface area is 215 Å². The van der Waals surface area contributed by atoms with Crippen LogP contribution >= 0.6 is 0 Å². The number of rotatable bonds is 10. The first-order chi connectivity index (χ1) is 17.3. The monoisotopic (exact) mass is 492 g/mol. The number of hydrogen-bond donors (Lipinski definition) is 3. The molecule has 0 fully saturated rings. The van der Waals surface area contributed by atoms with Crippen LogP contribution < -0.4 is 10.5 Å². The van der Waals surface area contributed by atoms with Gasteiger partial charge in [0.25, 0.3) is 0 Å². The lowest BCUT2D eigenvalue weighted by atomic mass is 9.72. The Morgan fingerprint density at radius 3 is 2.58 bits per heavy atom. The van der Waals surface area contributed by atoms with E-state index in [1.165, 1.54) is 11.1 Å². The van der Waals surface area contributed by atoms with Crippen LogP contribution in [0.25, 0.3) is 0 Å². The number of aryl methyl sites for hydroxylation is 1. The predicted octanol–water partition coefficient (Wildman–Crippen LogP) is 4.19. The molecule has 0 saturated heterocycles. The molecule has 6 nitrogen and oxygen atoms in total. The van der Waals surface area contributed by atoms with E-state index in [-0.39, 0.29) is 18.2 Å². The molecule has 2 aromatic rings. The number of phenols is 1. The Morgan fingerprint density at radius 2 is 1.89 bits per heavy atom. The van der Waals surface area contributed by atoms with Crippen LogP contribution in [-0.2, 0) is 24.1 Å². The largest absolute Gasteiger partial charge is 0.508 e. The van der Waals surface area contributed by atoms with Gasteiger partial charge >= 0.3 is 0 Å². The number of nitrogens with two attached hydrogens (primary N) is 1. The Hall–Kier alpha value is -2.80. The molecule has 6 heteroatoms. The van der Waals surface area contributed by atoms with Crippen molar-refractivity contribution in [3.05, 3.63) is 83.1 Å². The van der Waals surface area contributed by atoms with E-state index in [9.17, 15) is 10.2 Å². The fraction of sp³-hybridized carbons (Fsp3) is 0.467. The molecule has 0 heterocycles. The van der Waals surface area contributed by atoms with Gasteiger partial charge in [-0.15, -0.1) is 0 Å². The summed E-state index contributed by atoms with van der Waals surface area (Å²) in [6, 6.07) is 14.0. The standard InChI is InChI=1S/C30H40N2O4/c1-30(2,31)20-36-26-10-4-21(5-11-26)19-32(14-15-33)29-18-27(35-3)12-13-28(29)24-7-6-23-17-25(34)9-8-22(23)16-24/h4-5,8-13,17-18,24,28-29,33-34H,6-7,14-16,19-20,31H2,1-3H3/t24-,28?,29?/m1/s1. The molecule has 2 aliphatic carbocycles. The second-order valence-electron chi connectivity index (χ2n) is 10.8. The van der Waals surface area contributed by atoms with Gasteiger partial charge in [0.2, 0.25) is 0 Å². The van der Waals surface area contributed by atoms with E-state index >= 15 is 0 Å². The van der Waals surface area contributed by atoms with Crippen LogP contribution in [0.4, 0.5) is 0 Å². The predicted molar refractivity (Wildman–Crippen MR) is 143 cm³/mol. The first kappa shape index (κ1) is 26.3. The zero-order valence-electron chi connectivity index (χ0n) is 21.7. The van der Waals surface area contributed by atoms with Crippen LogP contribution in [0, 0.1) is 11.8 Å². The van der Waals surface area contributed by atoms with E-state index < -0.39 is 0 Å². The molecule has 2 aliphatic rings. The highest BCUT2D eigenvalue weighted by molar-refractivity contribution is 5.37. The van der Waals surface area contributed by atoms with Gasteiger partial charge in [-0.3, -0.25) is 4.90 Å². The van der Waals surface area contributed by atoms with E-state index in [0.29, 0.717) is 37.3 Å². The van der Waals surface area contributed by atoms with Gasteiger partial charge in [0.05, 0.1) is 13.7 Å². The fourth-order valence-corrected chi connectivity index (χ4v) is 5.33. The third-order valence-electron chi connectivity index (χ3n) is 7.18. The van der Waals surface area contributed by atoms with Crippen molar-refractivity contribution in [2.45, 2.75) is 51.2 Å². The third-order valence-corrected chi connectivity index (χ3v) is 7.18. The molecule has 0 aromatic heterocycles. The second kappa shape index (κ2) is 11.5. The van der Waals surface area contributed by atoms with Crippen molar-refractivity contribution < 1.29 is 19.7 Å². The van der Waals surface area contributed by atoms with Crippen molar-refractivity contribution in [1.29, 1.82) is 0 Å². The van der Waals surface area contributed by atoms with Gasteiger partial charge in [-0.2, -0.15) is 0 Å². The van der Waals surface area contributed by atoms with Gasteiger partial charge in [-0.25, -0.2) is 0 Å². The summed E-state index contributed by atoms with van der Waals surface area (Å²) in [4.78, 5) is 2.35. The first-order valence-electron chi connectivity index (χ1n) is 12.9. The van der Waals surface area contributed by atoms with Crippen LogP contribution in [0.15, 0.2) is 66.5 Å². The molecule has 194 valence electrons. The summed E-state index contributed by atoms with van der Waals surface area (Å²) < 4.78 is 11.4. The second-order valence-corrected chi connectivity index (χ2v) is 10.8. The number of aromatic hydroxyl groups is 1. The van der Waals surface area contributed by atoms with Crippen molar-refractivity contribution in [2.24, 2.45) is 17.6 Å². The van der Waals surface area contributed by atoms with E-state index in [0.717, 1.165) is 36.3 Å². The summed E-state index contributed by atoms with van der Waals surface area (Å²) in [6.45, 7) is 5.71. The van der Waals surface area contributed by atoms with Crippen molar-refractivity contribution in [1.82, 2.24) is 4.90 Å². The number of aliphatic hydroxyl groups excluding tert-OH is 1. The summed E-state index contributed by atoms with van der Waals surface area (Å²) in [5.74, 6) is 2.76. The zero-order chi connectivity index (χ0) is 25.7. The van der Waals surface area contributed by atoms with E-state index in [2.05, 4.69) is 41.3 Å². The molecule has 0 amide bonds. The Bertz CT molecular complexity index is 1070. The Balaban J connectivity index is 1.52. The van der Waals surface area contributed by atoms with Gasteiger partial charge in [0.1, 0.15) is 23.9 Å².